The molecule has 2 heterocycles. The highest BCUT2D eigenvalue weighted by Gasteiger charge is 2.52. The van der Waals surface area contributed by atoms with Gasteiger partial charge in [-0.1, -0.05) is 36.4 Å². The van der Waals surface area contributed by atoms with Gasteiger partial charge in [0, 0.05) is 30.7 Å². The number of amides is 1. The Bertz CT molecular complexity index is 1020. The first kappa shape index (κ1) is 20.3. The van der Waals surface area contributed by atoms with Gasteiger partial charge in [0.05, 0.1) is 24.4 Å². The minimum atomic E-state index is -3.37. The van der Waals surface area contributed by atoms with Crippen LogP contribution >= 0.6 is 0 Å². The van der Waals surface area contributed by atoms with E-state index in [-0.39, 0.29) is 19.0 Å². The summed E-state index contributed by atoms with van der Waals surface area (Å²) in [4.78, 5) is 14.5. The maximum Gasteiger partial charge on any atom is 0.238 e. The molecule has 1 amide bonds. The van der Waals surface area contributed by atoms with Gasteiger partial charge in [0.2, 0.25) is 15.9 Å². The Balaban J connectivity index is 1.42. The molecule has 1 spiro atoms. The number of aliphatic hydroxyl groups excluding tert-OH is 1. The number of nitrogens with one attached hydrogen (secondary N) is 1. The number of hydrogen-bond acceptors (Lipinski definition) is 5. The number of anilines is 1. The van der Waals surface area contributed by atoms with Gasteiger partial charge in [-0.25, -0.2) is 8.42 Å². The summed E-state index contributed by atoms with van der Waals surface area (Å²) in [6.07, 6.45) is 2.35. The number of hydrogen-bond donors (Lipinski definition) is 2. The predicted molar refractivity (Wildman–Crippen MR) is 113 cm³/mol. The van der Waals surface area contributed by atoms with Crippen molar-refractivity contribution >= 4 is 32.4 Å². The van der Waals surface area contributed by atoms with Crippen LogP contribution in [0.15, 0.2) is 42.5 Å². The fourth-order valence-corrected chi connectivity index (χ4v) is 6.28. The fraction of sp³-hybridized carbons (Fsp3) is 0.476. The maximum atomic E-state index is 12.6. The zero-order valence-corrected chi connectivity index (χ0v) is 17.4. The maximum absolute atomic E-state index is 12.6. The number of fused-ring (bicyclic) bond motifs is 1. The highest BCUT2D eigenvalue weighted by molar-refractivity contribution is 7.88. The Labute approximate surface area is 171 Å². The van der Waals surface area contributed by atoms with E-state index in [1.54, 1.807) is 0 Å². The number of benzene rings is 2. The van der Waals surface area contributed by atoms with Crippen LogP contribution in [0.25, 0.3) is 10.8 Å². The van der Waals surface area contributed by atoms with Gasteiger partial charge in [-0.15, -0.1) is 0 Å². The van der Waals surface area contributed by atoms with Crippen LogP contribution in [0.1, 0.15) is 19.3 Å². The Morgan fingerprint density at radius 2 is 1.93 bits per heavy atom. The van der Waals surface area contributed by atoms with E-state index in [9.17, 15) is 18.3 Å². The van der Waals surface area contributed by atoms with Crippen molar-refractivity contribution in [2.24, 2.45) is 0 Å². The molecule has 2 aromatic rings. The third kappa shape index (κ3) is 3.90. The molecule has 8 heteroatoms. The molecule has 0 saturated carbocycles. The lowest BCUT2D eigenvalue weighted by molar-refractivity contribution is -0.119. The number of likely N-dealkylation sites (tertiary alicyclic amines) is 1. The Morgan fingerprint density at radius 3 is 2.69 bits per heavy atom. The smallest absolute Gasteiger partial charge is 0.238 e. The summed E-state index contributed by atoms with van der Waals surface area (Å²) < 4.78 is 25.8. The van der Waals surface area contributed by atoms with Crippen molar-refractivity contribution in [2.45, 2.75) is 30.9 Å². The Morgan fingerprint density at radius 1 is 1.17 bits per heavy atom. The zero-order valence-electron chi connectivity index (χ0n) is 16.5. The lowest BCUT2D eigenvalue weighted by Crippen LogP contribution is -2.63. The average Bonchev–Trinajstić information content (AvgIpc) is 3.11. The van der Waals surface area contributed by atoms with Crippen LogP contribution in [0.5, 0.6) is 0 Å². The van der Waals surface area contributed by atoms with E-state index >= 15 is 0 Å². The topological polar surface area (TPSA) is 90.0 Å². The third-order valence-corrected chi connectivity index (χ3v) is 7.56. The minimum Gasteiger partial charge on any atom is -0.390 e. The molecular weight excluding hydrogens is 390 g/mol. The van der Waals surface area contributed by atoms with Crippen molar-refractivity contribution in [3.05, 3.63) is 42.5 Å². The van der Waals surface area contributed by atoms with Gasteiger partial charge in [-0.05, 0) is 30.7 Å². The molecule has 0 radical (unpaired) electrons. The van der Waals surface area contributed by atoms with Crippen molar-refractivity contribution in [3.8, 4) is 0 Å². The molecule has 0 bridgehead atoms. The standard InChI is InChI=1S/C21H27N3O4S/c1-29(27,28)24-12-5-10-21(24)11-13-23(14-19(21)25)15-20(26)22-18-9-4-7-16-6-2-3-8-17(16)18/h2-4,6-9,19,25H,5,10-15H2,1H3,(H,22,26)/t19-,21-/m0/s1. The van der Waals surface area contributed by atoms with Crippen molar-refractivity contribution in [1.82, 2.24) is 9.21 Å². The van der Waals surface area contributed by atoms with Crippen molar-refractivity contribution in [1.29, 1.82) is 0 Å². The van der Waals surface area contributed by atoms with Crippen LogP contribution in [-0.2, 0) is 14.8 Å². The number of piperidine rings is 1. The van der Waals surface area contributed by atoms with E-state index in [1.807, 2.05) is 47.4 Å². The second-order valence-corrected chi connectivity index (χ2v) is 10.0. The molecule has 2 aromatic carbocycles. The molecule has 4 rings (SSSR count). The first-order valence-corrected chi connectivity index (χ1v) is 11.8. The molecule has 2 saturated heterocycles. The number of carbonyl (C=O) groups is 1. The second-order valence-electron chi connectivity index (χ2n) is 8.12. The van der Waals surface area contributed by atoms with Gasteiger partial charge in [-0.3, -0.25) is 9.69 Å². The van der Waals surface area contributed by atoms with Crippen LogP contribution < -0.4 is 5.32 Å². The number of sulfonamides is 1. The van der Waals surface area contributed by atoms with E-state index in [1.165, 1.54) is 10.6 Å². The van der Waals surface area contributed by atoms with Crippen LogP contribution in [0.2, 0.25) is 0 Å². The summed E-state index contributed by atoms with van der Waals surface area (Å²) in [5.41, 5.74) is 0.0390. The molecule has 29 heavy (non-hydrogen) atoms. The summed E-state index contributed by atoms with van der Waals surface area (Å²) in [5.74, 6) is -0.143. The lowest BCUT2D eigenvalue weighted by atomic mass is 9.83. The first-order chi connectivity index (χ1) is 13.8. The van der Waals surface area contributed by atoms with Gasteiger partial charge in [0.15, 0.2) is 0 Å². The summed E-state index contributed by atoms with van der Waals surface area (Å²) >= 11 is 0. The van der Waals surface area contributed by atoms with Crippen LogP contribution in [0.4, 0.5) is 5.69 Å². The van der Waals surface area contributed by atoms with E-state index < -0.39 is 21.7 Å². The summed E-state index contributed by atoms with van der Waals surface area (Å²) in [6.45, 7) is 1.48. The number of rotatable bonds is 4. The molecule has 2 fully saturated rings. The molecule has 0 aromatic heterocycles. The number of β-amino-alcohol motifs (C(OH)–C–C–N with tert-alkyl or cyclic N) is 1. The summed E-state index contributed by atoms with van der Waals surface area (Å²) in [7, 11) is -3.37. The van der Waals surface area contributed by atoms with Crippen LogP contribution in [0, 0.1) is 0 Å². The first-order valence-electron chi connectivity index (χ1n) is 9.95. The zero-order chi connectivity index (χ0) is 20.6. The molecule has 2 aliphatic heterocycles. The number of carbonyl (C=O) groups excluding carboxylic acids is 1. The minimum absolute atomic E-state index is 0.143. The third-order valence-electron chi connectivity index (χ3n) is 6.21. The van der Waals surface area contributed by atoms with Crippen LogP contribution in [-0.4, -0.2) is 72.7 Å². The molecule has 2 aliphatic rings. The fourth-order valence-electron chi connectivity index (χ4n) is 4.85. The van der Waals surface area contributed by atoms with Gasteiger partial charge in [-0.2, -0.15) is 4.31 Å². The van der Waals surface area contributed by atoms with Crippen LogP contribution in [0.3, 0.4) is 0 Å². The largest absolute Gasteiger partial charge is 0.390 e. The Hall–Kier alpha value is -2.00. The molecular formula is C21H27N3O4S. The molecule has 2 N–H and O–H groups in total. The summed E-state index contributed by atoms with van der Waals surface area (Å²) in [6, 6.07) is 13.7. The molecule has 2 atom stereocenters. The second kappa shape index (κ2) is 7.68. The highest BCUT2D eigenvalue weighted by Crippen LogP contribution is 2.40. The molecule has 0 aliphatic carbocycles. The normalized spacial score (nSPS) is 26.2. The number of nitrogens with zero attached hydrogens (tertiary/aromatic N) is 2. The van der Waals surface area contributed by atoms with Crippen molar-refractivity contribution < 1.29 is 18.3 Å². The summed E-state index contributed by atoms with van der Waals surface area (Å²) in [5, 5.41) is 15.8. The molecule has 0 unspecified atom stereocenters. The molecule has 156 valence electrons. The molecule has 7 nitrogen and oxygen atoms in total. The lowest BCUT2D eigenvalue weighted by Gasteiger charge is -2.47. The predicted octanol–water partition coefficient (Wildman–Crippen LogP) is 1.64. The van der Waals surface area contributed by atoms with E-state index in [0.29, 0.717) is 25.9 Å². The van der Waals surface area contributed by atoms with Crippen molar-refractivity contribution in [2.75, 3.05) is 37.8 Å². The SMILES string of the molecule is CS(=O)(=O)N1CCC[C@@]12CCN(CC(=O)Nc1cccc3ccccc13)C[C@@H]2O. The van der Waals surface area contributed by atoms with Gasteiger partial charge in [0.1, 0.15) is 0 Å². The van der Waals surface area contributed by atoms with Gasteiger partial charge >= 0.3 is 0 Å². The van der Waals surface area contributed by atoms with Crippen molar-refractivity contribution in [3.63, 3.8) is 0 Å². The van der Waals surface area contributed by atoms with E-state index in [2.05, 4.69) is 5.32 Å². The average molecular weight is 418 g/mol. The van der Waals surface area contributed by atoms with Gasteiger partial charge in [0.25, 0.3) is 0 Å². The van der Waals surface area contributed by atoms with E-state index in [4.69, 9.17) is 0 Å². The number of aliphatic hydroxyl groups is 1. The quantitative estimate of drug-likeness (QED) is 0.789. The monoisotopic (exact) mass is 417 g/mol. The van der Waals surface area contributed by atoms with E-state index in [0.717, 1.165) is 22.9 Å². The van der Waals surface area contributed by atoms with Gasteiger partial charge < -0.3 is 10.4 Å². The Kier molecular flexibility index (Phi) is 5.37. The highest BCUT2D eigenvalue weighted by atomic mass is 32.2.